The normalized spacial score (nSPS) is 10.8. The zero-order valence-electron chi connectivity index (χ0n) is 15.6. The van der Waals surface area contributed by atoms with Crippen LogP contribution in [0.4, 0.5) is 10.9 Å². The van der Waals surface area contributed by atoms with Gasteiger partial charge in [-0.3, -0.25) is 5.43 Å². The molecule has 0 aliphatic heterocycles. The number of nitrogens with one attached hydrogen (secondary N) is 1. The number of nitrogens with zero attached hydrogens (tertiary/aromatic N) is 2. The van der Waals surface area contributed by atoms with Gasteiger partial charge in [-0.15, -0.1) is 17.9 Å². The summed E-state index contributed by atoms with van der Waals surface area (Å²) < 4.78 is 11.5. The summed E-state index contributed by atoms with van der Waals surface area (Å²) in [7, 11) is 1.65. The maximum atomic E-state index is 6.04. The minimum atomic E-state index is 0.384. The number of nitrogen functional groups attached to an aromatic ring is 1. The van der Waals surface area contributed by atoms with Crippen LogP contribution in [-0.4, -0.2) is 18.3 Å². The predicted octanol–water partition coefficient (Wildman–Crippen LogP) is 4.49. The van der Waals surface area contributed by atoms with Crippen LogP contribution < -0.4 is 20.6 Å². The van der Waals surface area contributed by atoms with Gasteiger partial charge in [-0.1, -0.05) is 24.3 Å². The third-order valence-corrected chi connectivity index (χ3v) is 4.69. The summed E-state index contributed by atoms with van der Waals surface area (Å²) >= 11 is 1.40. The SMILES string of the molecule is C=CCc1ccccc1OCc1cc(C=NNc2nc(N)cs2)ccc1OC. The van der Waals surface area contributed by atoms with E-state index in [-0.39, 0.29) is 0 Å². The Morgan fingerprint density at radius 2 is 2.07 bits per heavy atom. The van der Waals surface area contributed by atoms with Gasteiger partial charge in [-0.25, -0.2) is 4.98 Å². The number of hydrazone groups is 1. The van der Waals surface area contributed by atoms with Gasteiger partial charge in [0.1, 0.15) is 23.9 Å². The first-order valence-corrected chi connectivity index (χ1v) is 9.56. The lowest BCUT2D eigenvalue weighted by Gasteiger charge is -2.13. The van der Waals surface area contributed by atoms with Gasteiger partial charge in [0.2, 0.25) is 5.13 Å². The molecule has 0 unspecified atom stereocenters. The Balaban J connectivity index is 1.71. The Bertz CT molecular complexity index is 969. The van der Waals surface area contributed by atoms with Crippen molar-refractivity contribution in [1.82, 2.24) is 4.98 Å². The Morgan fingerprint density at radius 1 is 1.21 bits per heavy atom. The van der Waals surface area contributed by atoms with E-state index in [4.69, 9.17) is 15.2 Å². The van der Waals surface area contributed by atoms with Gasteiger partial charge < -0.3 is 15.2 Å². The number of nitrogens with two attached hydrogens (primary N) is 1. The van der Waals surface area contributed by atoms with Crippen LogP contribution in [0.15, 0.2) is 65.6 Å². The van der Waals surface area contributed by atoms with Crippen molar-refractivity contribution >= 4 is 28.5 Å². The number of allylic oxidation sites excluding steroid dienone is 1. The molecule has 144 valence electrons. The first-order valence-electron chi connectivity index (χ1n) is 8.68. The number of aromatic nitrogens is 1. The minimum Gasteiger partial charge on any atom is -0.496 e. The van der Waals surface area contributed by atoms with Crippen molar-refractivity contribution in [1.29, 1.82) is 0 Å². The molecule has 2 aromatic carbocycles. The highest BCUT2D eigenvalue weighted by Gasteiger charge is 2.07. The maximum Gasteiger partial charge on any atom is 0.205 e. The van der Waals surface area contributed by atoms with Crippen LogP contribution in [0.3, 0.4) is 0 Å². The number of para-hydroxylation sites is 1. The molecule has 6 nitrogen and oxygen atoms in total. The number of rotatable bonds is 9. The minimum absolute atomic E-state index is 0.384. The van der Waals surface area contributed by atoms with Gasteiger partial charge in [0.25, 0.3) is 0 Å². The molecular formula is C21H22N4O2S. The van der Waals surface area contributed by atoms with Crippen molar-refractivity contribution in [3.8, 4) is 11.5 Å². The summed E-state index contributed by atoms with van der Waals surface area (Å²) in [5, 5.41) is 6.60. The van der Waals surface area contributed by atoms with E-state index < -0.39 is 0 Å². The molecular weight excluding hydrogens is 372 g/mol. The van der Waals surface area contributed by atoms with E-state index in [1.165, 1.54) is 11.3 Å². The average molecular weight is 395 g/mol. The summed E-state index contributed by atoms with van der Waals surface area (Å²) in [5.41, 5.74) is 11.4. The average Bonchev–Trinajstić information content (AvgIpc) is 3.13. The van der Waals surface area contributed by atoms with Crippen LogP contribution in [0.5, 0.6) is 11.5 Å². The molecule has 0 atom stereocenters. The highest BCUT2D eigenvalue weighted by molar-refractivity contribution is 7.14. The molecule has 0 aliphatic rings. The fraction of sp³-hybridized carbons (Fsp3) is 0.143. The Hall–Kier alpha value is -3.32. The van der Waals surface area contributed by atoms with Crippen LogP contribution in [0.2, 0.25) is 0 Å². The molecule has 0 fully saturated rings. The first-order chi connectivity index (χ1) is 13.7. The van der Waals surface area contributed by atoms with Crippen molar-refractivity contribution in [3.63, 3.8) is 0 Å². The van der Waals surface area contributed by atoms with Gasteiger partial charge >= 0.3 is 0 Å². The molecule has 0 bridgehead atoms. The third-order valence-electron chi connectivity index (χ3n) is 3.92. The summed E-state index contributed by atoms with van der Waals surface area (Å²) in [6, 6.07) is 13.8. The summed E-state index contributed by atoms with van der Waals surface area (Å²) in [4.78, 5) is 4.10. The third kappa shape index (κ3) is 5.11. The van der Waals surface area contributed by atoms with E-state index in [0.717, 1.165) is 34.6 Å². The molecule has 1 heterocycles. The van der Waals surface area contributed by atoms with E-state index in [1.54, 1.807) is 18.7 Å². The smallest absolute Gasteiger partial charge is 0.205 e. The summed E-state index contributed by atoms with van der Waals surface area (Å²) in [6.45, 7) is 4.18. The molecule has 0 aliphatic carbocycles. The number of benzene rings is 2. The molecule has 0 radical (unpaired) electrons. The van der Waals surface area contributed by atoms with E-state index >= 15 is 0 Å². The van der Waals surface area contributed by atoms with E-state index in [0.29, 0.717) is 17.6 Å². The lowest BCUT2D eigenvalue weighted by atomic mass is 10.1. The lowest BCUT2D eigenvalue weighted by molar-refractivity contribution is 0.294. The summed E-state index contributed by atoms with van der Waals surface area (Å²) in [6.07, 6.45) is 4.34. The van der Waals surface area contributed by atoms with Gasteiger partial charge in [-0.05, 0) is 41.8 Å². The van der Waals surface area contributed by atoms with Gasteiger partial charge in [0.15, 0.2) is 0 Å². The number of ether oxygens (including phenoxy) is 2. The molecule has 0 saturated carbocycles. The number of hydrogen-bond donors (Lipinski definition) is 2. The second-order valence-corrected chi connectivity index (χ2v) is 6.77. The zero-order chi connectivity index (χ0) is 19.8. The number of hydrogen-bond acceptors (Lipinski definition) is 7. The van der Waals surface area contributed by atoms with E-state index in [1.807, 2.05) is 48.5 Å². The van der Waals surface area contributed by atoms with Crippen LogP contribution in [0, 0.1) is 0 Å². The van der Waals surface area contributed by atoms with E-state index in [2.05, 4.69) is 22.1 Å². The standard InChI is InChI=1S/C21H22N4O2S/c1-3-6-16-7-4-5-8-19(16)27-13-17-11-15(9-10-18(17)26-2)12-23-25-21-24-20(22)14-28-21/h3-5,7-12,14H,1,6,13,22H2,2H3,(H,24,25). The Kier molecular flexibility index (Phi) is 6.64. The van der Waals surface area contributed by atoms with E-state index in [9.17, 15) is 0 Å². The van der Waals surface area contributed by atoms with Crippen LogP contribution in [0.1, 0.15) is 16.7 Å². The van der Waals surface area contributed by atoms with Crippen LogP contribution in [-0.2, 0) is 13.0 Å². The highest BCUT2D eigenvalue weighted by Crippen LogP contribution is 2.24. The van der Waals surface area contributed by atoms with Crippen molar-refractivity contribution in [2.45, 2.75) is 13.0 Å². The van der Waals surface area contributed by atoms with Crippen LogP contribution >= 0.6 is 11.3 Å². The Morgan fingerprint density at radius 3 is 2.82 bits per heavy atom. The predicted molar refractivity (Wildman–Crippen MR) is 115 cm³/mol. The van der Waals surface area contributed by atoms with Crippen molar-refractivity contribution in [2.24, 2.45) is 5.10 Å². The topological polar surface area (TPSA) is 81.8 Å². The molecule has 1 aromatic heterocycles. The fourth-order valence-electron chi connectivity index (χ4n) is 2.62. The fourth-order valence-corrected chi connectivity index (χ4v) is 3.16. The quantitative estimate of drug-likeness (QED) is 0.317. The number of thiazole rings is 1. The molecule has 0 saturated heterocycles. The van der Waals surface area contributed by atoms with Gasteiger partial charge in [0, 0.05) is 10.9 Å². The highest BCUT2D eigenvalue weighted by atomic mass is 32.1. The molecule has 0 amide bonds. The second-order valence-electron chi connectivity index (χ2n) is 5.91. The second kappa shape index (κ2) is 9.57. The van der Waals surface area contributed by atoms with Crippen molar-refractivity contribution < 1.29 is 9.47 Å². The van der Waals surface area contributed by atoms with Crippen molar-refractivity contribution in [2.75, 3.05) is 18.3 Å². The monoisotopic (exact) mass is 394 g/mol. The van der Waals surface area contributed by atoms with Crippen molar-refractivity contribution in [3.05, 3.63) is 77.2 Å². The first kappa shape index (κ1) is 19.4. The largest absolute Gasteiger partial charge is 0.496 e. The molecule has 3 rings (SSSR count). The number of anilines is 2. The summed E-state index contributed by atoms with van der Waals surface area (Å²) in [5.74, 6) is 2.08. The Labute approximate surface area is 168 Å². The molecule has 28 heavy (non-hydrogen) atoms. The molecule has 7 heteroatoms. The van der Waals surface area contributed by atoms with Gasteiger partial charge in [-0.2, -0.15) is 5.10 Å². The van der Waals surface area contributed by atoms with Gasteiger partial charge in [0.05, 0.1) is 13.3 Å². The molecule has 3 aromatic rings. The molecule has 3 N–H and O–H groups in total. The number of methoxy groups -OCH3 is 1. The maximum absolute atomic E-state index is 6.04. The zero-order valence-corrected chi connectivity index (χ0v) is 16.4. The molecule has 0 spiro atoms. The lowest BCUT2D eigenvalue weighted by Crippen LogP contribution is -2.02. The van der Waals surface area contributed by atoms with Crippen LogP contribution in [0.25, 0.3) is 0 Å².